The van der Waals surface area contributed by atoms with Gasteiger partial charge in [-0.3, -0.25) is 4.98 Å². The van der Waals surface area contributed by atoms with Crippen molar-refractivity contribution in [1.82, 2.24) is 10.3 Å². The van der Waals surface area contributed by atoms with Crippen LogP contribution in [0.15, 0.2) is 24.4 Å². The fourth-order valence-corrected chi connectivity index (χ4v) is 1.88. The van der Waals surface area contributed by atoms with E-state index in [1.54, 1.807) is 0 Å². The largest absolute Gasteiger partial charge is 0.381 e. The van der Waals surface area contributed by atoms with Crippen LogP contribution in [-0.4, -0.2) is 24.7 Å². The first-order chi connectivity index (χ1) is 7.45. The Labute approximate surface area is 90.9 Å². The van der Waals surface area contributed by atoms with Crippen molar-refractivity contribution in [3.05, 3.63) is 30.1 Å². The molecule has 82 valence electrons. The fourth-order valence-electron chi connectivity index (χ4n) is 1.88. The average molecular weight is 206 g/mol. The summed E-state index contributed by atoms with van der Waals surface area (Å²) in [5.74, 6) is 0.683. The SMILES string of the molecule is c1ccc(CNCC2CCCOC2)nc1. The van der Waals surface area contributed by atoms with Crippen LogP contribution in [0.25, 0.3) is 0 Å². The number of pyridine rings is 1. The molecule has 1 saturated heterocycles. The van der Waals surface area contributed by atoms with Crippen LogP contribution in [0.4, 0.5) is 0 Å². The van der Waals surface area contributed by atoms with E-state index in [-0.39, 0.29) is 0 Å². The maximum absolute atomic E-state index is 5.43. The third-order valence-electron chi connectivity index (χ3n) is 2.72. The highest BCUT2D eigenvalue weighted by Crippen LogP contribution is 2.12. The number of nitrogens with one attached hydrogen (secondary N) is 1. The second kappa shape index (κ2) is 5.83. The summed E-state index contributed by atoms with van der Waals surface area (Å²) in [6, 6.07) is 6.01. The third-order valence-corrected chi connectivity index (χ3v) is 2.72. The molecule has 1 aliphatic heterocycles. The lowest BCUT2D eigenvalue weighted by molar-refractivity contribution is 0.0547. The second-order valence-electron chi connectivity index (χ2n) is 4.04. The van der Waals surface area contributed by atoms with E-state index in [0.29, 0.717) is 5.92 Å². The van der Waals surface area contributed by atoms with Gasteiger partial charge in [0, 0.05) is 25.9 Å². The number of hydrogen-bond acceptors (Lipinski definition) is 3. The van der Waals surface area contributed by atoms with Crippen molar-refractivity contribution in [2.45, 2.75) is 19.4 Å². The summed E-state index contributed by atoms with van der Waals surface area (Å²) >= 11 is 0. The van der Waals surface area contributed by atoms with Gasteiger partial charge in [0.05, 0.1) is 12.3 Å². The van der Waals surface area contributed by atoms with Crippen molar-refractivity contribution >= 4 is 0 Å². The Balaban J connectivity index is 1.66. The Kier molecular flexibility index (Phi) is 4.11. The zero-order valence-corrected chi connectivity index (χ0v) is 8.98. The zero-order valence-electron chi connectivity index (χ0n) is 8.98. The van der Waals surface area contributed by atoms with Crippen LogP contribution in [0.3, 0.4) is 0 Å². The molecule has 3 heteroatoms. The standard InChI is InChI=1S/C12H18N2O/c1-2-6-14-12(5-1)9-13-8-11-4-3-7-15-10-11/h1-2,5-6,11,13H,3-4,7-10H2. The van der Waals surface area contributed by atoms with E-state index in [0.717, 1.165) is 32.0 Å². The van der Waals surface area contributed by atoms with Crippen molar-refractivity contribution in [2.75, 3.05) is 19.8 Å². The molecule has 0 aromatic carbocycles. The van der Waals surface area contributed by atoms with Crippen LogP contribution in [0.5, 0.6) is 0 Å². The lowest BCUT2D eigenvalue weighted by atomic mass is 10.0. The molecule has 1 aromatic rings. The monoisotopic (exact) mass is 206 g/mol. The smallest absolute Gasteiger partial charge is 0.0541 e. The van der Waals surface area contributed by atoms with Crippen LogP contribution in [0.2, 0.25) is 0 Å². The molecule has 0 bridgehead atoms. The van der Waals surface area contributed by atoms with Crippen LogP contribution in [0.1, 0.15) is 18.5 Å². The molecule has 1 N–H and O–H groups in total. The first kappa shape index (κ1) is 10.6. The number of rotatable bonds is 4. The van der Waals surface area contributed by atoms with Crippen molar-refractivity contribution in [3.8, 4) is 0 Å². The third kappa shape index (κ3) is 3.61. The van der Waals surface area contributed by atoms with Crippen molar-refractivity contribution in [3.63, 3.8) is 0 Å². The quantitative estimate of drug-likeness (QED) is 0.812. The van der Waals surface area contributed by atoms with Gasteiger partial charge in [0.2, 0.25) is 0 Å². The highest BCUT2D eigenvalue weighted by atomic mass is 16.5. The summed E-state index contributed by atoms with van der Waals surface area (Å²) in [5, 5.41) is 3.43. The van der Waals surface area contributed by atoms with Gasteiger partial charge in [-0.15, -0.1) is 0 Å². The molecule has 0 saturated carbocycles. The van der Waals surface area contributed by atoms with Crippen LogP contribution in [0, 0.1) is 5.92 Å². The minimum atomic E-state index is 0.683. The number of nitrogens with zero attached hydrogens (tertiary/aromatic N) is 1. The van der Waals surface area contributed by atoms with Gasteiger partial charge in [0.25, 0.3) is 0 Å². The second-order valence-corrected chi connectivity index (χ2v) is 4.04. The van der Waals surface area contributed by atoms with Crippen molar-refractivity contribution in [1.29, 1.82) is 0 Å². The van der Waals surface area contributed by atoms with Gasteiger partial charge >= 0.3 is 0 Å². The average Bonchev–Trinajstić information content (AvgIpc) is 2.32. The number of ether oxygens (including phenoxy) is 1. The summed E-state index contributed by atoms with van der Waals surface area (Å²) in [7, 11) is 0. The molecule has 1 unspecified atom stereocenters. The molecule has 0 radical (unpaired) electrons. The molecule has 1 fully saturated rings. The molecular weight excluding hydrogens is 188 g/mol. The molecule has 3 nitrogen and oxygen atoms in total. The van der Waals surface area contributed by atoms with Crippen LogP contribution >= 0.6 is 0 Å². The summed E-state index contributed by atoms with van der Waals surface area (Å²) in [6.07, 6.45) is 4.33. The van der Waals surface area contributed by atoms with Crippen molar-refractivity contribution in [2.24, 2.45) is 5.92 Å². The Bertz CT molecular complexity index is 270. The molecule has 1 atom stereocenters. The molecule has 0 spiro atoms. The van der Waals surface area contributed by atoms with Gasteiger partial charge in [-0.05, 0) is 30.9 Å². The van der Waals surface area contributed by atoms with Crippen molar-refractivity contribution < 1.29 is 4.74 Å². The van der Waals surface area contributed by atoms with Gasteiger partial charge in [-0.1, -0.05) is 6.07 Å². The Morgan fingerprint density at radius 3 is 3.20 bits per heavy atom. The Morgan fingerprint density at radius 2 is 2.47 bits per heavy atom. The molecule has 15 heavy (non-hydrogen) atoms. The molecule has 0 aliphatic carbocycles. The molecule has 2 heterocycles. The van der Waals surface area contributed by atoms with Gasteiger partial charge in [-0.25, -0.2) is 0 Å². The Hall–Kier alpha value is -0.930. The maximum Gasteiger partial charge on any atom is 0.0541 e. The first-order valence-corrected chi connectivity index (χ1v) is 5.63. The highest BCUT2D eigenvalue weighted by molar-refractivity contribution is 5.02. The van der Waals surface area contributed by atoms with E-state index in [4.69, 9.17) is 4.74 Å². The minimum Gasteiger partial charge on any atom is -0.381 e. The topological polar surface area (TPSA) is 34.1 Å². The minimum absolute atomic E-state index is 0.683. The first-order valence-electron chi connectivity index (χ1n) is 5.63. The molecule has 0 amide bonds. The van der Waals surface area contributed by atoms with E-state index in [1.165, 1.54) is 12.8 Å². The lowest BCUT2D eigenvalue weighted by Crippen LogP contribution is -2.29. The van der Waals surface area contributed by atoms with Crippen LogP contribution in [-0.2, 0) is 11.3 Å². The van der Waals surface area contributed by atoms with E-state index in [9.17, 15) is 0 Å². The lowest BCUT2D eigenvalue weighted by Gasteiger charge is -2.22. The predicted molar refractivity (Wildman–Crippen MR) is 59.5 cm³/mol. The summed E-state index contributed by atoms with van der Waals surface area (Å²) in [5.41, 5.74) is 1.11. The summed E-state index contributed by atoms with van der Waals surface area (Å²) in [6.45, 7) is 3.75. The maximum atomic E-state index is 5.43. The fraction of sp³-hybridized carbons (Fsp3) is 0.583. The van der Waals surface area contributed by atoms with Gasteiger partial charge < -0.3 is 10.1 Å². The van der Waals surface area contributed by atoms with Gasteiger partial charge in [0.1, 0.15) is 0 Å². The molecular formula is C12H18N2O. The summed E-state index contributed by atoms with van der Waals surface area (Å²) < 4.78 is 5.43. The van der Waals surface area contributed by atoms with E-state index in [2.05, 4.69) is 10.3 Å². The van der Waals surface area contributed by atoms with Crippen LogP contribution < -0.4 is 5.32 Å². The zero-order chi connectivity index (χ0) is 10.3. The summed E-state index contributed by atoms with van der Waals surface area (Å²) in [4.78, 5) is 4.27. The van der Waals surface area contributed by atoms with E-state index >= 15 is 0 Å². The van der Waals surface area contributed by atoms with Gasteiger partial charge in [-0.2, -0.15) is 0 Å². The molecule has 1 aromatic heterocycles. The Morgan fingerprint density at radius 1 is 1.47 bits per heavy atom. The number of hydrogen-bond donors (Lipinski definition) is 1. The number of aromatic nitrogens is 1. The van der Waals surface area contributed by atoms with E-state index < -0.39 is 0 Å². The normalized spacial score (nSPS) is 21.5. The van der Waals surface area contributed by atoms with Gasteiger partial charge in [0.15, 0.2) is 0 Å². The highest BCUT2D eigenvalue weighted by Gasteiger charge is 2.12. The predicted octanol–water partition coefficient (Wildman–Crippen LogP) is 1.60. The van der Waals surface area contributed by atoms with E-state index in [1.807, 2.05) is 24.4 Å². The molecule has 1 aliphatic rings. The molecule has 2 rings (SSSR count).